The molecule has 0 radical (unpaired) electrons. The number of aliphatic hydroxyl groups is 1. The molecule has 0 aliphatic rings. The summed E-state index contributed by atoms with van der Waals surface area (Å²) in [5, 5.41) is 22.6. The zero-order chi connectivity index (χ0) is 18.9. The van der Waals surface area contributed by atoms with E-state index in [1.54, 1.807) is 0 Å². The zero-order valence-electron chi connectivity index (χ0n) is 14.2. The fourth-order valence-electron chi connectivity index (χ4n) is 1.87. The van der Waals surface area contributed by atoms with E-state index in [-0.39, 0.29) is 31.3 Å². The minimum absolute atomic E-state index is 0.0876. The Morgan fingerprint density at radius 1 is 1.12 bits per heavy atom. The van der Waals surface area contributed by atoms with Crippen molar-refractivity contribution in [2.45, 2.75) is 51.7 Å². The van der Waals surface area contributed by atoms with Gasteiger partial charge in [0.2, 0.25) is 11.8 Å². The Balaban J connectivity index is 4.46. The van der Waals surface area contributed by atoms with Crippen LogP contribution in [0.2, 0.25) is 0 Å². The number of nitrogens with two attached hydrogens (primary N) is 1. The first-order valence-corrected chi connectivity index (χ1v) is 9.38. The smallest absolute Gasteiger partial charge is 0.326 e. The summed E-state index contributed by atoms with van der Waals surface area (Å²) in [5.74, 6) is -2.23. The van der Waals surface area contributed by atoms with E-state index in [1.807, 2.05) is 13.8 Å². The summed E-state index contributed by atoms with van der Waals surface area (Å²) in [6, 6.07) is -2.88. The Morgan fingerprint density at radius 3 is 2.17 bits per heavy atom. The topological polar surface area (TPSA) is 162 Å². The van der Waals surface area contributed by atoms with Crippen LogP contribution in [0.15, 0.2) is 0 Å². The number of carbonyl (C=O) groups is 3. The van der Waals surface area contributed by atoms with Crippen LogP contribution in [-0.4, -0.2) is 63.5 Å². The van der Waals surface area contributed by atoms with Gasteiger partial charge in [-0.15, -0.1) is 0 Å². The van der Waals surface area contributed by atoms with Crippen LogP contribution < -0.4 is 16.4 Å². The molecule has 0 aliphatic heterocycles. The van der Waals surface area contributed by atoms with E-state index in [0.29, 0.717) is 0 Å². The van der Waals surface area contributed by atoms with Gasteiger partial charge in [-0.1, -0.05) is 13.8 Å². The van der Waals surface area contributed by atoms with Gasteiger partial charge in [0.05, 0.1) is 20.5 Å². The summed E-state index contributed by atoms with van der Waals surface area (Å²) >= 11 is 0. The first-order chi connectivity index (χ1) is 11.1. The summed E-state index contributed by atoms with van der Waals surface area (Å²) < 4.78 is 0. The minimum atomic E-state index is -1.55. The Morgan fingerprint density at radius 2 is 1.71 bits per heavy atom. The standard InChI is InChI=1S/C14H28N3O6P/c1-8(2)6-11(14(21)22)17-12(19)9(3)16-13(20)10(15)4-5-24(23)7-18/h8-11,18,23H,4-7,15H2,1-3H3,(H,16,20)(H,17,19)(H,21,22)/t9-,10-,11-,24?/m0/s1. The van der Waals surface area contributed by atoms with E-state index in [2.05, 4.69) is 10.6 Å². The van der Waals surface area contributed by atoms with Crippen molar-refractivity contribution in [2.75, 3.05) is 12.5 Å². The monoisotopic (exact) mass is 365 g/mol. The second-order valence-corrected chi connectivity index (χ2v) is 7.77. The predicted molar refractivity (Wildman–Crippen MR) is 90.3 cm³/mol. The van der Waals surface area contributed by atoms with Gasteiger partial charge < -0.3 is 31.5 Å². The molecule has 0 spiro atoms. The van der Waals surface area contributed by atoms with E-state index >= 15 is 0 Å². The van der Waals surface area contributed by atoms with Crippen molar-refractivity contribution in [1.29, 1.82) is 0 Å². The second kappa shape index (κ2) is 11.3. The maximum absolute atomic E-state index is 12.0. The molecule has 7 N–H and O–H groups in total. The van der Waals surface area contributed by atoms with Gasteiger partial charge in [-0.2, -0.15) is 0 Å². The molecule has 1 unspecified atom stereocenters. The molecule has 0 aromatic rings. The molecular formula is C14H28N3O6P. The number of nitrogens with one attached hydrogen (secondary N) is 2. The summed E-state index contributed by atoms with van der Waals surface area (Å²) in [6.45, 7) is 5.12. The van der Waals surface area contributed by atoms with Crippen molar-refractivity contribution < 1.29 is 29.5 Å². The van der Waals surface area contributed by atoms with Gasteiger partial charge in [-0.25, -0.2) is 4.79 Å². The highest BCUT2D eigenvalue weighted by Crippen LogP contribution is 2.28. The highest BCUT2D eigenvalue weighted by atomic mass is 31.1. The van der Waals surface area contributed by atoms with Gasteiger partial charge >= 0.3 is 5.97 Å². The summed E-state index contributed by atoms with van der Waals surface area (Å²) in [7, 11) is -1.55. The van der Waals surface area contributed by atoms with Crippen molar-refractivity contribution in [2.24, 2.45) is 11.7 Å². The SMILES string of the molecule is CC(C)C[C@H](NC(=O)[C@H](C)NC(=O)[C@@H](N)CCP(O)CO)C(=O)O. The molecule has 0 heterocycles. The normalized spacial score (nSPS) is 16.1. The highest BCUT2D eigenvalue weighted by Gasteiger charge is 2.25. The Hall–Kier alpha value is -1.28. The molecular weight excluding hydrogens is 337 g/mol. The zero-order valence-corrected chi connectivity index (χ0v) is 15.1. The van der Waals surface area contributed by atoms with E-state index in [1.165, 1.54) is 6.92 Å². The lowest BCUT2D eigenvalue weighted by molar-refractivity contribution is -0.142. The molecule has 0 saturated carbocycles. The van der Waals surface area contributed by atoms with E-state index in [4.69, 9.17) is 15.9 Å². The minimum Gasteiger partial charge on any atom is -0.480 e. The molecule has 24 heavy (non-hydrogen) atoms. The number of hydrogen-bond acceptors (Lipinski definition) is 6. The highest BCUT2D eigenvalue weighted by molar-refractivity contribution is 7.51. The Labute approximate surface area is 142 Å². The molecule has 140 valence electrons. The van der Waals surface area contributed by atoms with Crippen LogP contribution >= 0.6 is 8.15 Å². The lowest BCUT2D eigenvalue weighted by atomic mass is 10.0. The third kappa shape index (κ3) is 9.12. The van der Waals surface area contributed by atoms with Crippen LogP contribution in [0.25, 0.3) is 0 Å². The quantitative estimate of drug-likeness (QED) is 0.260. The second-order valence-electron chi connectivity index (χ2n) is 6.03. The van der Waals surface area contributed by atoms with Crippen LogP contribution in [0.4, 0.5) is 0 Å². The lowest BCUT2D eigenvalue weighted by Crippen LogP contribution is -2.53. The average molecular weight is 365 g/mol. The molecule has 9 nitrogen and oxygen atoms in total. The van der Waals surface area contributed by atoms with E-state index in [9.17, 15) is 19.3 Å². The van der Waals surface area contributed by atoms with Crippen LogP contribution in [0.3, 0.4) is 0 Å². The van der Waals surface area contributed by atoms with Gasteiger partial charge in [0.25, 0.3) is 0 Å². The largest absolute Gasteiger partial charge is 0.480 e. The number of amides is 2. The van der Waals surface area contributed by atoms with Crippen molar-refractivity contribution in [3.8, 4) is 0 Å². The van der Waals surface area contributed by atoms with Crippen molar-refractivity contribution >= 4 is 25.9 Å². The summed E-state index contributed by atoms with van der Waals surface area (Å²) in [5.41, 5.74) is 5.66. The Bertz CT molecular complexity index is 435. The number of carboxylic acids is 1. The predicted octanol–water partition coefficient (Wildman–Crippen LogP) is -0.837. The average Bonchev–Trinajstić information content (AvgIpc) is 2.50. The number of rotatable bonds is 11. The third-order valence-electron chi connectivity index (χ3n) is 3.27. The summed E-state index contributed by atoms with van der Waals surface area (Å²) in [4.78, 5) is 44.3. The number of carboxylic acid groups (broad SMARTS) is 1. The maximum atomic E-state index is 12.0. The fraction of sp³-hybridized carbons (Fsp3) is 0.786. The fourth-order valence-corrected chi connectivity index (χ4v) is 2.58. The molecule has 0 aromatic heterocycles. The molecule has 0 bridgehead atoms. The first kappa shape index (κ1) is 22.7. The van der Waals surface area contributed by atoms with E-state index < -0.39 is 44.1 Å². The number of hydrogen-bond donors (Lipinski definition) is 6. The van der Waals surface area contributed by atoms with Crippen LogP contribution in [-0.2, 0) is 14.4 Å². The Kier molecular flexibility index (Phi) is 10.7. The maximum Gasteiger partial charge on any atom is 0.326 e. The molecule has 10 heteroatoms. The summed E-state index contributed by atoms with van der Waals surface area (Å²) in [6.07, 6.45) is 0.321. The van der Waals surface area contributed by atoms with Crippen LogP contribution in [0.5, 0.6) is 0 Å². The number of aliphatic hydroxyl groups excluding tert-OH is 1. The molecule has 0 rings (SSSR count). The van der Waals surface area contributed by atoms with Gasteiger partial charge in [-0.05, 0) is 31.8 Å². The molecule has 0 aliphatic carbocycles. The molecule has 0 fully saturated rings. The van der Waals surface area contributed by atoms with Crippen molar-refractivity contribution in [3.05, 3.63) is 0 Å². The van der Waals surface area contributed by atoms with Crippen LogP contribution in [0.1, 0.15) is 33.6 Å². The number of aliphatic carboxylic acids is 1. The molecule has 0 saturated heterocycles. The van der Waals surface area contributed by atoms with E-state index in [0.717, 1.165) is 0 Å². The molecule has 4 atom stereocenters. The van der Waals surface area contributed by atoms with Crippen molar-refractivity contribution in [3.63, 3.8) is 0 Å². The first-order valence-electron chi connectivity index (χ1n) is 7.72. The van der Waals surface area contributed by atoms with Crippen molar-refractivity contribution in [1.82, 2.24) is 10.6 Å². The van der Waals surface area contributed by atoms with Crippen LogP contribution in [0, 0.1) is 5.92 Å². The van der Waals surface area contributed by atoms with Gasteiger partial charge in [0.1, 0.15) is 12.1 Å². The number of carbonyl (C=O) groups excluding carboxylic acids is 2. The van der Waals surface area contributed by atoms with Gasteiger partial charge in [0, 0.05) is 0 Å². The molecule has 0 aromatic carbocycles. The molecule has 2 amide bonds. The third-order valence-corrected chi connectivity index (χ3v) is 4.37. The van der Waals surface area contributed by atoms with Gasteiger partial charge in [-0.3, -0.25) is 9.59 Å². The van der Waals surface area contributed by atoms with Gasteiger partial charge in [0.15, 0.2) is 0 Å². The lowest BCUT2D eigenvalue weighted by Gasteiger charge is -2.21.